The summed E-state index contributed by atoms with van der Waals surface area (Å²) in [6.07, 6.45) is 3.05. The monoisotopic (exact) mass is 226 g/mol. The number of carboxylic acids is 1. The lowest BCUT2D eigenvalue weighted by atomic mass is 10.2. The summed E-state index contributed by atoms with van der Waals surface area (Å²) in [5.74, 6) is -1.36. The summed E-state index contributed by atoms with van der Waals surface area (Å²) in [5, 5.41) is 16.6. The normalized spacial score (nSPS) is 12.9. The topological polar surface area (TPSA) is 80.4 Å². The van der Waals surface area contributed by atoms with Crippen molar-refractivity contribution in [2.24, 2.45) is 0 Å². The summed E-state index contributed by atoms with van der Waals surface area (Å²) in [6.45, 7) is 1.53. The summed E-state index contributed by atoms with van der Waals surface area (Å²) in [6, 6.07) is 0. The van der Waals surface area contributed by atoms with E-state index in [9.17, 15) is 4.79 Å². The van der Waals surface area contributed by atoms with Crippen LogP contribution in [0.5, 0.6) is 0 Å². The molecule has 0 spiro atoms. The first kappa shape index (κ1) is 9.85. The van der Waals surface area contributed by atoms with Crippen molar-refractivity contribution >= 4 is 23.2 Å². The Labute approximate surface area is 89.5 Å². The molecule has 0 aliphatic heterocycles. The maximum Gasteiger partial charge on any atom is 0.313 e. The molecule has 15 heavy (non-hydrogen) atoms. The van der Waals surface area contributed by atoms with E-state index >= 15 is 0 Å². The molecular formula is C8H7ClN4O2. The highest BCUT2D eigenvalue weighted by atomic mass is 35.5. The molecule has 7 heteroatoms. The Balaban J connectivity index is 2.64. The lowest BCUT2D eigenvalue weighted by molar-refractivity contribution is -0.138. The molecule has 0 saturated carbocycles. The molecule has 2 heterocycles. The molecule has 0 radical (unpaired) electrons. The number of hydrogen-bond acceptors (Lipinski definition) is 4. The van der Waals surface area contributed by atoms with Crippen LogP contribution in [0.3, 0.4) is 0 Å². The smallest absolute Gasteiger partial charge is 0.313 e. The van der Waals surface area contributed by atoms with E-state index < -0.39 is 11.9 Å². The van der Waals surface area contributed by atoms with Crippen molar-refractivity contribution < 1.29 is 9.90 Å². The number of halogens is 1. The van der Waals surface area contributed by atoms with Gasteiger partial charge in [0.05, 0.1) is 0 Å². The first-order valence-corrected chi connectivity index (χ1v) is 4.57. The summed E-state index contributed by atoms with van der Waals surface area (Å²) >= 11 is 5.77. The molecule has 2 aromatic heterocycles. The van der Waals surface area contributed by atoms with Crippen LogP contribution in [0.2, 0.25) is 5.15 Å². The Bertz CT molecular complexity index is 524. The second-order valence-electron chi connectivity index (χ2n) is 3.03. The number of rotatable bonds is 2. The third-order valence-electron chi connectivity index (χ3n) is 2.07. The van der Waals surface area contributed by atoms with Gasteiger partial charge >= 0.3 is 5.97 Å². The molecule has 0 aliphatic rings. The van der Waals surface area contributed by atoms with Gasteiger partial charge in [-0.2, -0.15) is 0 Å². The first-order valence-electron chi connectivity index (χ1n) is 4.19. The van der Waals surface area contributed by atoms with E-state index in [2.05, 4.69) is 15.2 Å². The van der Waals surface area contributed by atoms with Gasteiger partial charge in [0.15, 0.2) is 16.6 Å². The predicted molar refractivity (Wildman–Crippen MR) is 51.8 cm³/mol. The highest BCUT2D eigenvalue weighted by Crippen LogP contribution is 2.17. The zero-order chi connectivity index (χ0) is 11.0. The summed E-state index contributed by atoms with van der Waals surface area (Å²) in [4.78, 5) is 14.6. The Hall–Kier alpha value is -1.69. The number of hydrogen-bond donors (Lipinski definition) is 1. The maximum absolute atomic E-state index is 10.8. The second-order valence-corrected chi connectivity index (χ2v) is 3.39. The average molecular weight is 227 g/mol. The Morgan fingerprint density at radius 2 is 2.33 bits per heavy atom. The third-order valence-corrected chi connectivity index (χ3v) is 2.33. The van der Waals surface area contributed by atoms with E-state index in [-0.39, 0.29) is 5.15 Å². The van der Waals surface area contributed by atoms with Crippen molar-refractivity contribution in [2.45, 2.75) is 12.8 Å². The average Bonchev–Trinajstić information content (AvgIpc) is 2.61. The third kappa shape index (κ3) is 1.52. The largest absolute Gasteiger partial charge is 0.481 e. The van der Waals surface area contributed by atoms with E-state index in [0.29, 0.717) is 11.5 Å². The van der Waals surface area contributed by atoms with Gasteiger partial charge in [-0.1, -0.05) is 11.6 Å². The molecule has 1 N–H and O–H groups in total. The van der Waals surface area contributed by atoms with Crippen molar-refractivity contribution in [2.75, 3.05) is 0 Å². The van der Waals surface area contributed by atoms with Gasteiger partial charge in [-0.05, 0) is 6.92 Å². The highest BCUT2D eigenvalue weighted by molar-refractivity contribution is 6.32. The number of fused-ring (bicyclic) bond motifs is 1. The van der Waals surface area contributed by atoms with Gasteiger partial charge in [-0.3, -0.25) is 9.20 Å². The summed E-state index contributed by atoms with van der Waals surface area (Å²) < 4.78 is 1.52. The molecule has 0 aromatic carbocycles. The van der Waals surface area contributed by atoms with Crippen LogP contribution in [0.25, 0.3) is 5.65 Å². The Morgan fingerprint density at radius 3 is 3.00 bits per heavy atom. The molecule has 0 saturated heterocycles. The van der Waals surface area contributed by atoms with Crippen molar-refractivity contribution in [3.8, 4) is 0 Å². The fourth-order valence-corrected chi connectivity index (χ4v) is 1.41. The second kappa shape index (κ2) is 3.47. The Kier molecular flexibility index (Phi) is 2.28. The maximum atomic E-state index is 10.8. The van der Waals surface area contributed by atoms with Gasteiger partial charge in [0, 0.05) is 12.4 Å². The molecular weight excluding hydrogens is 220 g/mol. The molecule has 0 aliphatic carbocycles. The number of carbonyl (C=O) groups is 1. The van der Waals surface area contributed by atoms with Gasteiger partial charge in [0.1, 0.15) is 5.92 Å². The van der Waals surface area contributed by atoms with Gasteiger partial charge < -0.3 is 5.11 Å². The van der Waals surface area contributed by atoms with Crippen molar-refractivity contribution in [3.63, 3.8) is 0 Å². The van der Waals surface area contributed by atoms with Crippen LogP contribution in [-0.4, -0.2) is 30.7 Å². The molecule has 0 bridgehead atoms. The van der Waals surface area contributed by atoms with Crippen LogP contribution in [0.15, 0.2) is 12.4 Å². The highest BCUT2D eigenvalue weighted by Gasteiger charge is 2.20. The molecule has 1 unspecified atom stereocenters. The Morgan fingerprint density at radius 1 is 1.60 bits per heavy atom. The standard InChI is InChI=1S/C8H7ClN4O2/c1-4(8(14)15)6-11-12-7-5(9)10-2-3-13(6)7/h2-4H,1H3,(H,14,15). The van der Waals surface area contributed by atoms with Crippen LogP contribution in [0, 0.1) is 0 Å². The number of carboxylic acid groups (broad SMARTS) is 1. The van der Waals surface area contributed by atoms with E-state index in [0.717, 1.165) is 0 Å². The minimum absolute atomic E-state index is 0.203. The van der Waals surface area contributed by atoms with Gasteiger partial charge in [-0.15, -0.1) is 10.2 Å². The molecule has 2 rings (SSSR count). The SMILES string of the molecule is CC(C(=O)O)c1nnc2c(Cl)nccn12. The minimum atomic E-state index is -0.961. The first-order chi connectivity index (χ1) is 7.11. The molecule has 1 atom stereocenters. The van der Waals surface area contributed by atoms with Gasteiger partial charge in [0.2, 0.25) is 0 Å². The van der Waals surface area contributed by atoms with E-state index in [1.54, 1.807) is 6.20 Å². The molecule has 6 nitrogen and oxygen atoms in total. The zero-order valence-corrected chi connectivity index (χ0v) is 8.51. The number of aromatic nitrogens is 4. The van der Waals surface area contributed by atoms with E-state index in [1.807, 2.05) is 0 Å². The van der Waals surface area contributed by atoms with Crippen molar-refractivity contribution in [1.82, 2.24) is 19.6 Å². The van der Waals surface area contributed by atoms with Crippen molar-refractivity contribution in [1.29, 1.82) is 0 Å². The summed E-state index contributed by atoms with van der Waals surface area (Å²) in [5.41, 5.74) is 0.363. The number of aliphatic carboxylic acids is 1. The van der Waals surface area contributed by atoms with Gasteiger partial charge in [-0.25, -0.2) is 4.98 Å². The lowest BCUT2D eigenvalue weighted by Crippen LogP contribution is -2.11. The van der Waals surface area contributed by atoms with Crippen molar-refractivity contribution in [3.05, 3.63) is 23.4 Å². The van der Waals surface area contributed by atoms with Crippen LogP contribution in [0.4, 0.5) is 0 Å². The number of nitrogens with zero attached hydrogens (tertiary/aromatic N) is 4. The molecule has 2 aromatic rings. The molecule has 0 fully saturated rings. The van der Waals surface area contributed by atoms with Crippen LogP contribution < -0.4 is 0 Å². The summed E-state index contributed by atoms with van der Waals surface area (Å²) in [7, 11) is 0. The fraction of sp³-hybridized carbons (Fsp3) is 0.250. The van der Waals surface area contributed by atoms with Crippen LogP contribution in [-0.2, 0) is 4.79 Å². The van der Waals surface area contributed by atoms with Crippen LogP contribution in [0.1, 0.15) is 18.7 Å². The van der Waals surface area contributed by atoms with Gasteiger partial charge in [0.25, 0.3) is 0 Å². The zero-order valence-electron chi connectivity index (χ0n) is 7.75. The minimum Gasteiger partial charge on any atom is -0.481 e. The lowest BCUT2D eigenvalue weighted by Gasteiger charge is -2.03. The predicted octanol–water partition coefficient (Wildman–Crippen LogP) is 0.966. The van der Waals surface area contributed by atoms with E-state index in [4.69, 9.17) is 16.7 Å². The molecule has 0 amide bonds. The van der Waals surface area contributed by atoms with Crippen LogP contribution >= 0.6 is 11.6 Å². The molecule has 78 valence electrons. The quantitative estimate of drug-likeness (QED) is 0.825. The fourth-order valence-electron chi connectivity index (χ4n) is 1.22. The van der Waals surface area contributed by atoms with E-state index in [1.165, 1.54) is 17.5 Å².